The molecule has 0 aliphatic heterocycles. The molecule has 4 N–H and O–H groups in total. The van der Waals surface area contributed by atoms with Gasteiger partial charge in [-0.05, 0) is 5.92 Å². The maximum atomic E-state index is 9.79. The van der Waals surface area contributed by atoms with Crippen molar-refractivity contribution in [2.45, 2.75) is 26.4 Å². The number of aliphatic hydroxyl groups is 2. The van der Waals surface area contributed by atoms with Crippen LogP contribution >= 0.6 is 0 Å². The van der Waals surface area contributed by atoms with Gasteiger partial charge in [0.05, 0.1) is 132 Å². The number of hydrogen-bond acceptors (Lipinski definition) is 13. The van der Waals surface area contributed by atoms with Crippen LogP contribution in [-0.2, 0) is 53.0 Å². The van der Waals surface area contributed by atoms with Gasteiger partial charge in [-0.2, -0.15) is 8.42 Å². The molecule has 0 radical (unpaired) electrons. The van der Waals surface area contributed by atoms with Crippen LogP contribution in [0, 0.1) is 5.92 Å². The molecule has 0 amide bonds. The molecule has 0 fully saturated rings. The summed E-state index contributed by atoms with van der Waals surface area (Å²) in [4.78, 5) is 0. The molecule has 0 heterocycles. The lowest BCUT2D eigenvalue weighted by atomic mass is 10.0. The first kappa shape index (κ1) is 41.6. The molecule has 15 nitrogen and oxygen atoms in total. The van der Waals surface area contributed by atoms with Crippen LogP contribution in [0.15, 0.2) is 0 Å². The molecule has 0 aliphatic carbocycles. The van der Waals surface area contributed by atoms with Crippen molar-refractivity contribution in [3.8, 4) is 0 Å². The monoisotopic (exact) mass is 612 g/mol. The van der Waals surface area contributed by atoms with Crippen molar-refractivity contribution in [3.63, 3.8) is 0 Å². The van der Waals surface area contributed by atoms with E-state index in [0.29, 0.717) is 119 Å². The molecule has 40 heavy (non-hydrogen) atoms. The van der Waals surface area contributed by atoms with Gasteiger partial charge in [0.25, 0.3) is 0 Å². The van der Waals surface area contributed by atoms with E-state index >= 15 is 0 Å². The van der Waals surface area contributed by atoms with Gasteiger partial charge in [0.1, 0.15) is 0 Å². The summed E-state index contributed by atoms with van der Waals surface area (Å²) in [6.07, 6.45) is 0.518. The third-order valence-corrected chi connectivity index (χ3v) is 4.80. The van der Waals surface area contributed by atoms with Gasteiger partial charge in [-0.3, -0.25) is 9.11 Å². The summed E-state index contributed by atoms with van der Waals surface area (Å²) in [6.45, 7) is 12.8. The Bertz CT molecular complexity index is 575. The largest absolute Gasteiger partial charge is 0.394 e. The molecule has 0 spiro atoms. The third-order valence-electron chi connectivity index (χ3n) is 4.80. The van der Waals surface area contributed by atoms with Crippen molar-refractivity contribution in [3.05, 3.63) is 0 Å². The predicted octanol–water partition coefficient (Wildman–Crippen LogP) is -0.118. The van der Waals surface area contributed by atoms with E-state index in [9.17, 15) is 5.11 Å². The summed E-state index contributed by atoms with van der Waals surface area (Å²) in [5.74, 6) is 0.246. The van der Waals surface area contributed by atoms with Gasteiger partial charge in [-0.25, -0.2) is 0 Å². The quantitative estimate of drug-likeness (QED) is 0.0618. The lowest BCUT2D eigenvalue weighted by Gasteiger charge is -2.16. The van der Waals surface area contributed by atoms with Gasteiger partial charge in [0.2, 0.25) is 0 Å². The Morgan fingerprint density at radius 1 is 0.525 bits per heavy atom. The summed E-state index contributed by atoms with van der Waals surface area (Å²) in [5, 5.41) is 18.3. The molecular weight excluding hydrogens is 560 g/mol. The lowest BCUT2D eigenvalue weighted by molar-refractivity contribution is -0.0322. The predicted molar refractivity (Wildman–Crippen MR) is 144 cm³/mol. The summed E-state index contributed by atoms with van der Waals surface area (Å²) >= 11 is 0. The Morgan fingerprint density at radius 2 is 0.750 bits per heavy atom. The first-order chi connectivity index (χ1) is 19.2. The second kappa shape index (κ2) is 32.9. The normalized spacial score (nSPS) is 13.2. The highest BCUT2D eigenvalue weighted by Gasteiger charge is 2.11. The second-order valence-corrected chi connectivity index (χ2v) is 8.99. The van der Waals surface area contributed by atoms with Crippen molar-refractivity contribution in [2.24, 2.45) is 5.92 Å². The van der Waals surface area contributed by atoms with Crippen LogP contribution in [0.4, 0.5) is 0 Å². The van der Waals surface area contributed by atoms with E-state index in [1.807, 2.05) is 6.92 Å². The molecule has 244 valence electrons. The van der Waals surface area contributed by atoms with Crippen molar-refractivity contribution >= 4 is 10.4 Å². The zero-order valence-electron chi connectivity index (χ0n) is 24.0. The smallest absolute Gasteiger partial charge is 0.394 e. The summed E-state index contributed by atoms with van der Waals surface area (Å²) in [5.41, 5.74) is 0. The molecule has 0 aliphatic rings. The first-order valence-corrected chi connectivity index (χ1v) is 14.8. The maximum absolute atomic E-state index is 9.79. The van der Waals surface area contributed by atoms with Crippen LogP contribution in [0.1, 0.15) is 20.3 Å². The van der Waals surface area contributed by atoms with E-state index < -0.39 is 16.5 Å². The molecule has 0 rings (SSSR count). The van der Waals surface area contributed by atoms with E-state index in [0.717, 1.165) is 6.42 Å². The molecule has 2 unspecified atom stereocenters. The van der Waals surface area contributed by atoms with Gasteiger partial charge in [0, 0.05) is 0 Å². The fourth-order valence-corrected chi connectivity index (χ4v) is 2.46. The Balaban J connectivity index is 0. The molecule has 2 atom stereocenters. The Hall–Kier alpha value is -0.570. The van der Waals surface area contributed by atoms with Crippen molar-refractivity contribution in [1.29, 1.82) is 0 Å². The van der Waals surface area contributed by atoms with Gasteiger partial charge >= 0.3 is 10.4 Å². The SMILES string of the molecule is CCC(C)C(O)COCCOCCOCCOCCOCCOCCOCCOCCOCCO.O=S(=O)(O)O. The number of aliphatic hydroxyl groups excluding tert-OH is 2. The molecule has 0 aromatic carbocycles. The summed E-state index contributed by atoms with van der Waals surface area (Å²) in [7, 11) is -4.67. The molecule has 0 aromatic rings. The highest BCUT2D eigenvalue weighted by Crippen LogP contribution is 2.07. The van der Waals surface area contributed by atoms with Gasteiger partial charge < -0.3 is 52.8 Å². The average Bonchev–Trinajstić information content (AvgIpc) is 2.91. The molecule has 0 bridgehead atoms. The Labute approximate surface area is 238 Å². The minimum absolute atomic E-state index is 0.0272. The fraction of sp³-hybridized carbons (Fsp3) is 1.00. The molecule has 0 saturated heterocycles. The van der Waals surface area contributed by atoms with Crippen LogP contribution in [0.2, 0.25) is 0 Å². The van der Waals surface area contributed by atoms with E-state index in [1.165, 1.54) is 0 Å². The van der Waals surface area contributed by atoms with E-state index in [4.69, 9.17) is 65.3 Å². The van der Waals surface area contributed by atoms with E-state index in [-0.39, 0.29) is 12.5 Å². The van der Waals surface area contributed by atoms with Crippen molar-refractivity contribution < 1.29 is 70.4 Å². The minimum atomic E-state index is -4.67. The number of rotatable bonds is 30. The second-order valence-electron chi connectivity index (χ2n) is 8.10. The highest BCUT2D eigenvalue weighted by molar-refractivity contribution is 7.79. The van der Waals surface area contributed by atoms with Gasteiger partial charge in [-0.1, -0.05) is 20.3 Å². The van der Waals surface area contributed by atoms with Gasteiger partial charge in [0.15, 0.2) is 0 Å². The average molecular weight is 613 g/mol. The van der Waals surface area contributed by atoms with Crippen LogP contribution in [-0.4, -0.2) is 159 Å². The molecular formula is C24H52O15S. The van der Waals surface area contributed by atoms with Crippen LogP contribution < -0.4 is 0 Å². The van der Waals surface area contributed by atoms with Gasteiger partial charge in [-0.15, -0.1) is 0 Å². The van der Waals surface area contributed by atoms with Crippen LogP contribution in [0.25, 0.3) is 0 Å². The Kier molecular flexibility index (Phi) is 34.2. The zero-order valence-corrected chi connectivity index (χ0v) is 24.8. The minimum Gasteiger partial charge on any atom is -0.394 e. The topological polar surface area (TPSA) is 198 Å². The Morgan fingerprint density at radius 3 is 0.975 bits per heavy atom. The summed E-state index contributed by atoms with van der Waals surface area (Å²) in [6, 6.07) is 0. The molecule has 0 saturated carbocycles. The van der Waals surface area contributed by atoms with Crippen LogP contribution in [0.5, 0.6) is 0 Å². The summed E-state index contributed by atoms with van der Waals surface area (Å²) < 4.78 is 79.9. The first-order valence-electron chi connectivity index (χ1n) is 13.4. The third kappa shape index (κ3) is 41.9. The number of ether oxygens (including phenoxy) is 9. The maximum Gasteiger partial charge on any atom is 0.394 e. The standard InChI is InChI=1S/C24H50O11.H2O4S/c1-3-23(2)24(26)22-35-21-20-34-19-18-33-17-16-32-15-14-31-13-12-30-11-10-29-9-8-28-7-6-27-5-4-25;1-5(2,3)4/h23-26H,3-22H2,1-2H3;(H2,1,2,3,4). The molecule has 0 aromatic heterocycles. The van der Waals surface area contributed by atoms with Crippen molar-refractivity contribution in [2.75, 3.05) is 126 Å². The fourth-order valence-electron chi connectivity index (χ4n) is 2.46. The van der Waals surface area contributed by atoms with E-state index in [2.05, 4.69) is 6.92 Å². The number of hydrogen-bond donors (Lipinski definition) is 4. The van der Waals surface area contributed by atoms with E-state index in [1.54, 1.807) is 0 Å². The highest BCUT2D eigenvalue weighted by atomic mass is 32.3. The lowest BCUT2D eigenvalue weighted by Crippen LogP contribution is -2.24. The van der Waals surface area contributed by atoms with Crippen molar-refractivity contribution in [1.82, 2.24) is 0 Å². The van der Waals surface area contributed by atoms with Crippen LogP contribution in [0.3, 0.4) is 0 Å². The molecule has 16 heteroatoms. The zero-order chi connectivity index (χ0) is 30.2.